The standard InChI is InChI=1S/C47H47F6N7O5/c1-44-22-30(48)24-59(25-44)40-34-23-54-38(37(50)39(34)55-41(56-40)64-27-45-13-6-16-60(45)17-7-14-45)33-21-31(20-28-11-12-35(49)32(36(28)33)10-5-19-63-42(61)57-44)65-43(62)58-18-15-46(26-58,47(51,52)53)29-8-3-2-4-9-29/h2-4,8-9,11-12,20-21,23,30H,5-7,10,13-19,22,24-27H2,1H3,(H,57,61). The number of fused-ring (bicyclic) bond motifs is 7. The van der Waals surface area contributed by atoms with Gasteiger partial charge in [0, 0.05) is 37.8 Å². The summed E-state index contributed by atoms with van der Waals surface area (Å²) in [5.74, 6) is -1.63. The highest BCUT2D eigenvalue weighted by Gasteiger charge is 2.60. The van der Waals surface area contributed by atoms with E-state index >= 15 is 13.2 Å². The number of pyridine rings is 1. The van der Waals surface area contributed by atoms with Crippen LogP contribution in [0.1, 0.15) is 63.0 Å². The largest absolute Gasteiger partial charge is 0.461 e. The van der Waals surface area contributed by atoms with Gasteiger partial charge in [0.15, 0.2) is 5.82 Å². The molecule has 0 radical (unpaired) electrons. The number of rotatable bonds is 5. The van der Waals surface area contributed by atoms with Crippen molar-refractivity contribution in [2.45, 2.75) is 87.1 Å². The molecule has 3 atom stereocenters. The summed E-state index contributed by atoms with van der Waals surface area (Å²) >= 11 is 0. The molecule has 4 saturated heterocycles. The smallest absolute Gasteiger partial charge is 0.415 e. The molecule has 18 heteroatoms. The summed E-state index contributed by atoms with van der Waals surface area (Å²) in [6.07, 6.45) is -3.11. The summed E-state index contributed by atoms with van der Waals surface area (Å²) in [5, 5.41) is 3.44. The van der Waals surface area contributed by atoms with Crippen LogP contribution in [0.5, 0.6) is 11.8 Å². The quantitative estimate of drug-likeness (QED) is 0.171. The first-order valence-electron chi connectivity index (χ1n) is 22.1. The number of hydrogen-bond acceptors (Lipinski definition) is 10. The molecule has 0 aliphatic carbocycles. The van der Waals surface area contributed by atoms with E-state index in [9.17, 15) is 22.8 Å². The third-order valence-corrected chi connectivity index (χ3v) is 14.1. The molecule has 8 heterocycles. The molecule has 0 saturated carbocycles. The molecule has 0 spiro atoms. The van der Waals surface area contributed by atoms with Crippen LogP contribution in [0.3, 0.4) is 0 Å². The second-order valence-electron chi connectivity index (χ2n) is 18.4. The van der Waals surface area contributed by atoms with Crippen molar-refractivity contribution in [2.24, 2.45) is 0 Å². The predicted molar refractivity (Wildman–Crippen MR) is 228 cm³/mol. The van der Waals surface area contributed by atoms with E-state index in [0.717, 1.165) is 43.7 Å². The summed E-state index contributed by atoms with van der Waals surface area (Å²) in [7, 11) is 0. The average molecular weight is 904 g/mol. The Bertz CT molecular complexity index is 2680. The molecule has 1 N–H and O–H groups in total. The van der Waals surface area contributed by atoms with E-state index in [1.54, 1.807) is 17.9 Å². The maximum atomic E-state index is 17.7. The van der Waals surface area contributed by atoms with Gasteiger partial charge >= 0.3 is 24.4 Å². The number of carbonyl (C=O) groups excluding carboxylic acids is 2. The molecule has 6 aliphatic heterocycles. The molecule has 5 aromatic rings. The van der Waals surface area contributed by atoms with E-state index in [-0.39, 0.29) is 114 Å². The molecule has 11 rings (SSSR count). The highest BCUT2D eigenvalue weighted by molar-refractivity contribution is 6.02. The van der Waals surface area contributed by atoms with E-state index in [4.69, 9.17) is 19.2 Å². The highest BCUT2D eigenvalue weighted by Crippen LogP contribution is 2.48. The molecule has 3 aromatic carbocycles. The number of nitrogens with one attached hydrogen (secondary N) is 1. The van der Waals surface area contributed by atoms with Crippen molar-refractivity contribution in [3.8, 4) is 23.0 Å². The maximum absolute atomic E-state index is 17.7. The topological polar surface area (TPSA) is 122 Å². The second-order valence-corrected chi connectivity index (χ2v) is 18.4. The lowest BCUT2D eigenvalue weighted by molar-refractivity contribution is -0.186. The van der Waals surface area contributed by atoms with E-state index < -0.39 is 60.1 Å². The fourth-order valence-corrected chi connectivity index (χ4v) is 11.0. The van der Waals surface area contributed by atoms with Crippen molar-refractivity contribution < 1.29 is 50.1 Å². The number of hydrogen-bond donors (Lipinski definition) is 1. The van der Waals surface area contributed by atoms with Crippen LogP contribution in [0.4, 0.5) is 41.7 Å². The molecule has 6 aliphatic rings. The van der Waals surface area contributed by atoms with Crippen LogP contribution >= 0.6 is 0 Å². The van der Waals surface area contributed by atoms with Gasteiger partial charge in [-0.1, -0.05) is 36.4 Å². The Morgan fingerprint density at radius 1 is 0.985 bits per heavy atom. The van der Waals surface area contributed by atoms with Gasteiger partial charge in [-0.05, 0) is 105 Å². The SMILES string of the molecule is CC12CC(F)CN(C1)c1nc(OCC34CCCN3CCC4)nc3c(F)c(ncc13)-c1cc(OC(=O)N3CCC(c4ccccc4)(C(F)(F)F)C3)cc3ccc(F)c(c13)CCCOC(=O)N2. The zero-order chi connectivity index (χ0) is 45.3. The first-order chi connectivity index (χ1) is 31.1. The van der Waals surface area contributed by atoms with Gasteiger partial charge in [0.1, 0.15) is 46.8 Å². The highest BCUT2D eigenvalue weighted by atomic mass is 19.4. The van der Waals surface area contributed by atoms with Gasteiger partial charge in [0.2, 0.25) is 0 Å². The van der Waals surface area contributed by atoms with Crippen LogP contribution in [0, 0.1) is 11.6 Å². The Kier molecular flexibility index (Phi) is 10.7. The lowest BCUT2D eigenvalue weighted by Crippen LogP contribution is -2.60. The molecule has 6 bridgehead atoms. The van der Waals surface area contributed by atoms with Crippen molar-refractivity contribution in [1.82, 2.24) is 30.1 Å². The number of anilines is 1. The van der Waals surface area contributed by atoms with Gasteiger partial charge < -0.3 is 29.3 Å². The van der Waals surface area contributed by atoms with Gasteiger partial charge in [0.25, 0.3) is 0 Å². The van der Waals surface area contributed by atoms with Crippen LogP contribution in [-0.2, 0) is 16.6 Å². The number of piperidine rings is 1. The van der Waals surface area contributed by atoms with E-state index in [1.807, 2.05) is 0 Å². The van der Waals surface area contributed by atoms with Crippen LogP contribution in [0.25, 0.3) is 32.9 Å². The van der Waals surface area contributed by atoms with E-state index in [0.29, 0.717) is 5.39 Å². The van der Waals surface area contributed by atoms with Crippen LogP contribution in [-0.4, -0.2) is 113 Å². The summed E-state index contributed by atoms with van der Waals surface area (Å²) in [4.78, 5) is 45.9. The summed E-state index contributed by atoms with van der Waals surface area (Å²) in [6.45, 7) is 2.61. The maximum Gasteiger partial charge on any atom is 0.415 e. The number of amides is 2. The summed E-state index contributed by atoms with van der Waals surface area (Å²) in [5.41, 5.74) is -4.08. The normalized spacial score (nSPS) is 24.6. The number of aryl methyl sites for hydroxylation is 1. The minimum Gasteiger partial charge on any atom is -0.461 e. The van der Waals surface area contributed by atoms with Crippen molar-refractivity contribution in [1.29, 1.82) is 0 Å². The predicted octanol–water partition coefficient (Wildman–Crippen LogP) is 8.81. The Morgan fingerprint density at radius 2 is 1.77 bits per heavy atom. The van der Waals surface area contributed by atoms with Gasteiger partial charge in [0.05, 0.1) is 29.6 Å². The monoisotopic (exact) mass is 903 g/mol. The first-order valence-corrected chi connectivity index (χ1v) is 22.1. The Labute approximate surface area is 370 Å². The third kappa shape index (κ3) is 7.70. The van der Waals surface area contributed by atoms with Crippen LogP contribution < -0.4 is 19.7 Å². The molecule has 342 valence electrons. The van der Waals surface area contributed by atoms with E-state index in [2.05, 4.69) is 20.2 Å². The minimum atomic E-state index is -4.69. The van der Waals surface area contributed by atoms with Gasteiger partial charge in [-0.3, -0.25) is 9.88 Å². The number of alkyl halides is 4. The number of alkyl carbamates (subject to hydrolysis) is 1. The molecular formula is C47H47F6N7O5. The molecule has 4 fully saturated rings. The molecule has 3 unspecified atom stereocenters. The molecular weight excluding hydrogens is 857 g/mol. The molecule has 2 aromatic heterocycles. The Hall–Kier alpha value is -5.91. The Balaban J connectivity index is 1.10. The first kappa shape index (κ1) is 43.0. The minimum absolute atomic E-state index is 0.000894. The number of benzene rings is 3. The van der Waals surface area contributed by atoms with Crippen molar-refractivity contribution in [3.05, 3.63) is 83.6 Å². The van der Waals surface area contributed by atoms with Crippen molar-refractivity contribution in [3.63, 3.8) is 0 Å². The van der Waals surface area contributed by atoms with Crippen LogP contribution in [0.2, 0.25) is 0 Å². The fraction of sp³-hybridized carbons (Fsp3) is 0.468. The average Bonchev–Trinajstić information content (AvgIpc) is 4.01. The van der Waals surface area contributed by atoms with Gasteiger partial charge in [-0.25, -0.2) is 22.8 Å². The number of nitrogens with zero attached hydrogens (tertiary/aromatic N) is 6. The van der Waals surface area contributed by atoms with Crippen molar-refractivity contribution in [2.75, 3.05) is 57.4 Å². The number of likely N-dealkylation sites (tertiary alicyclic amines) is 1. The molecule has 12 nitrogen and oxygen atoms in total. The zero-order valence-corrected chi connectivity index (χ0v) is 35.7. The number of halogens is 6. The fourth-order valence-electron chi connectivity index (χ4n) is 11.0. The van der Waals surface area contributed by atoms with Crippen molar-refractivity contribution >= 4 is 39.7 Å². The van der Waals surface area contributed by atoms with E-state index in [1.165, 1.54) is 54.7 Å². The Morgan fingerprint density at radius 3 is 2.54 bits per heavy atom. The lowest BCUT2D eigenvalue weighted by atomic mass is 9.79. The second kappa shape index (κ2) is 16.2. The lowest BCUT2D eigenvalue weighted by Gasteiger charge is -2.42. The molecule has 65 heavy (non-hydrogen) atoms. The van der Waals surface area contributed by atoms with Gasteiger partial charge in [-0.2, -0.15) is 23.1 Å². The third-order valence-electron chi connectivity index (χ3n) is 14.1. The number of aromatic nitrogens is 3. The molecule has 2 amide bonds. The van der Waals surface area contributed by atoms with Crippen LogP contribution in [0.15, 0.2) is 60.8 Å². The van der Waals surface area contributed by atoms with Gasteiger partial charge in [-0.15, -0.1) is 0 Å². The number of carbonyl (C=O) groups is 2. The summed E-state index contributed by atoms with van der Waals surface area (Å²) in [6, 6.07) is 12.6. The number of ether oxygens (including phenoxy) is 3. The summed E-state index contributed by atoms with van der Waals surface area (Å²) < 4.78 is 112. The zero-order valence-electron chi connectivity index (χ0n) is 35.7.